The van der Waals surface area contributed by atoms with Gasteiger partial charge in [-0.05, 0) is 36.0 Å². The Bertz CT molecular complexity index is 318. The minimum absolute atomic E-state index is 0.110. The van der Waals surface area contributed by atoms with Crippen LogP contribution in [0.5, 0.6) is 0 Å². The van der Waals surface area contributed by atoms with Crippen LogP contribution >= 0.6 is 0 Å². The molecule has 1 unspecified atom stereocenters. The number of nitrogens with two attached hydrogens (primary N) is 1. The van der Waals surface area contributed by atoms with Crippen LogP contribution in [0.25, 0.3) is 0 Å². The van der Waals surface area contributed by atoms with Crippen molar-refractivity contribution in [3.05, 3.63) is 34.9 Å². The van der Waals surface area contributed by atoms with Crippen molar-refractivity contribution in [2.75, 3.05) is 13.2 Å². The molecule has 0 aromatic heterocycles. The van der Waals surface area contributed by atoms with Gasteiger partial charge in [-0.3, -0.25) is 4.39 Å². The maximum atomic E-state index is 12.6. The highest BCUT2D eigenvalue weighted by molar-refractivity contribution is 5.36. The Morgan fingerprint density at radius 2 is 2.07 bits per heavy atom. The Kier molecular flexibility index (Phi) is 2.82. The van der Waals surface area contributed by atoms with Crippen molar-refractivity contribution in [2.24, 2.45) is 5.73 Å². The fourth-order valence-electron chi connectivity index (χ4n) is 2.13. The first-order valence-electron chi connectivity index (χ1n) is 5.23. The third-order valence-corrected chi connectivity index (χ3v) is 3.06. The topological polar surface area (TPSA) is 26.0 Å². The lowest BCUT2D eigenvalue weighted by Crippen LogP contribution is -2.14. The molecule has 0 saturated heterocycles. The number of halogens is 1. The first-order chi connectivity index (χ1) is 6.85. The predicted molar refractivity (Wildman–Crippen MR) is 56.2 cm³/mol. The Morgan fingerprint density at radius 3 is 2.79 bits per heavy atom. The van der Waals surface area contributed by atoms with E-state index in [0.29, 0.717) is 6.54 Å². The summed E-state index contributed by atoms with van der Waals surface area (Å²) in [5.41, 5.74) is 9.42. The molecule has 0 aliphatic heterocycles. The lowest BCUT2D eigenvalue weighted by molar-refractivity contribution is 0.434. The van der Waals surface area contributed by atoms with E-state index in [-0.39, 0.29) is 12.6 Å². The van der Waals surface area contributed by atoms with Gasteiger partial charge in [-0.2, -0.15) is 0 Å². The summed E-state index contributed by atoms with van der Waals surface area (Å²) in [5.74, 6) is -0.110. The van der Waals surface area contributed by atoms with Crippen LogP contribution in [0.1, 0.15) is 29.0 Å². The molecule has 0 saturated carbocycles. The molecular weight excluding hydrogens is 177 g/mol. The van der Waals surface area contributed by atoms with Crippen molar-refractivity contribution in [3.63, 3.8) is 0 Å². The average Bonchev–Trinajstić information content (AvgIpc) is 2.66. The van der Waals surface area contributed by atoms with Crippen molar-refractivity contribution in [2.45, 2.75) is 25.2 Å². The molecule has 1 aliphatic carbocycles. The molecule has 2 N–H and O–H groups in total. The number of benzene rings is 1. The summed E-state index contributed by atoms with van der Waals surface area (Å²) in [6, 6.07) is 6.30. The number of hydrogen-bond donors (Lipinski definition) is 1. The third kappa shape index (κ3) is 1.67. The molecule has 1 atom stereocenters. The second-order valence-electron chi connectivity index (χ2n) is 3.97. The van der Waals surface area contributed by atoms with E-state index in [2.05, 4.69) is 12.1 Å². The summed E-state index contributed by atoms with van der Waals surface area (Å²) >= 11 is 0. The van der Waals surface area contributed by atoms with Crippen LogP contribution in [0, 0.1) is 0 Å². The van der Waals surface area contributed by atoms with Gasteiger partial charge in [0.25, 0.3) is 0 Å². The first-order valence-corrected chi connectivity index (χ1v) is 5.23. The fraction of sp³-hybridized carbons (Fsp3) is 0.500. The van der Waals surface area contributed by atoms with Gasteiger partial charge in [-0.25, -0.2) is 0 Å². The molecule has 1 aromatic carbocycles. The highest BCUT2D eigenvalue weighted by Crippen LogP contribution is 2.26. The largest absolute Gasteiger partial charge is 0.330 e. The maximum absolute atomic E-state index is 12.6. The molecule has 76 valence electrons. The van der Waals surface area contributed by atoms with Gasteiger partial charge in [-0.1, -0.05) is 18.2 Å². The summed E-state index contributed by atoms with van der Waals surface area (Å²) in [7, 11) is 0. The first kappa shape index (κ1) is 9.66. The number of hydrogen-bond acceptors (Lipinski definition) is 1. The van der Waals surface area contributed by atoms with Crippen LogP contribution in [-0.4, -0.2) is 13.2 Å². The Morgan fingerprint density at radius 1 is 1.29 bits per heavy atom. The maximum Gasteiger partial charge on any atom is 0.0975 e. The molecular formula is C12H16FN. The van der Waals surface area contributed by atoms with Crippen LogP contribution in [0.3, 0.4) is 0 Å². The third-order valence-electron chi connectivity index (χ3n) is 3.06. The summed E-state index contributed by atoms with van der Waals surface area (Å²) in [6.07, 6.45) is 3.56. The van der Waals surface area contributed by atoms with E-state index in [0.717, 1.165) is 12.0 Å². The summed E-state index contributed by atoms with van der Waals surface area (Å²) < 4.78 is 12.6. The van der Waals surface area contributed by atoms with Gasteiger partial charge >= 0.3 is 0 Å². The molecule has 0 amide bonds. The zero-order chi connectivity index (χ0) is 9.97. The molecule has 2 heteroatoms. The van der Waals surface area contributed by atoms with Gasteiger partial charge < -0.3 is 5.73 Å². The number of alkyl halides is 1. The second-order valence-corrected chi connectivity index (χ2v) is 3.97. The second kappa shape index (κ2) is 4.09. The van der Waals surface area contributed by atoms with Gasteiger partial charge in [0.2, 0.25) is 0 Å². The molecule has 14 heavy (non-hydrogen) atoms. The normalized spacial score (nSPS) is 16.7. The molecule has 0 heterocycles. The number of rotatable bonds is 3. The van der Waals surface area contributed by atoms with Crippen LogP contribution in [-0.2, 0) is 12.8 Å². The van der Waals surface area contributed by atoms with Gasteiger partial charge in [0.05, 0.1) is 6.67 Å². The summed E-state index contributed by atoms with van der Waals surface area (Å²) in [5, 5.41) is 0. The average molecular weight is 193 g/mol. The zero-order valence-electron chi connectivity index (χ0n) is 8.30. The Labute approximate surface area is 84.1 Å². The zero-order valence-corrected chi connectivity index (χ0v) is 8.30. The van der Waals surface area contributed by atoms with Crippen LogP contribution < -0.4 is 5.73 Å². The van der Waals surface area contributed by atoms with E-state index in [4.69, 9.17) is 5.73 Å². The molecule has 1 aromatic rings. The number of aryl methyl sites for hydroxylation is 2. The minimum atomic E-state index is -0.352. The van der Waals surface area contributed by atoms with Crippen molar-refractivity contribution in [1.82, 2.24) is 0 Å². The SMILES string of the molecule is NCC(CF)c1ccc2c(c1)CCC2. The fourth-order valence-corrected chi connectivity index (χ4v) is 2.13. The van der Waals surface area contributed by atoms with Crippen molar-refractivity contribution in [3.8, 4) is 0 Å². The summed E-state index contributed by atoms with van der Waals surface area (Å²) in [4.78, 5) is 0. The van der Waals surface area contributed by atoms with E-state index in [1.165, 1.54) is 24.0 Å². The minimum Gasteiger partial charge on any atom is -0.330 e. The highest BCUT2D eigenvalue weighted by atomic mass is 19.1. The smallest absolute Gasteiger partial charge is 0.0975 e. The van der Waals surface area contributed by atoms with E-state index in [1.807, 2.05) is 6.07 Å². The Balaban J connectivity index is 2.27. The van der Waals surface area contributed by atoms with Crippen molar-refractivity contribution in [1.29, 1.82) is 0 Å². The van der Waals surface area contributed by atoms with Crippen molar-refractivity contribution >= 4 is 0 Å². The molecule has 0 radical (unpaired) electrons. The molecule has 1 aliphatic rings. The number of fused-ring (bicyclic) bond motifs is 1. The molecule has 0 fully saturated rings. The lowest BCUT2D eigenvalue weighted by atomic mass is 9.97. The molecule has 1 nitrogen and oxygen atoms in total. The van der Waals surface area contributed by atoms with Crippen LogP contribution in [0.4, 0.5) is 4.39 Å². The van der Waals surface area contributed by atoms with E-state index < -0.39 is 0 Å². The monoisotopic (exact) mass is 193 g/mol. The summed E-state index contributed by atoms with van der Waals surface area (Å²) in [6.45, 7) is 0.0462. The molecule has 0 bridgehead atoms. The van der Waals surface area contributed by atoms with Gasteiger partial charge in [0.1, 0.15) is 0 Å². The van der Waals surface area contributed by atoms with E-state index >= 15 is 0 Å². The van der Waals surface area contributed by atoms with Gasteiger partial charge in [0, 0.05) is 12.5 Å². The molecule has 2 rings (SSSR count). The van der Waals surface area contributed by atoms with Crippen LogP contribution in [0.2, 0.25) is 0 Å². The standard InChI is InChI=1S/C12H16FN/c13-7-12(8-14)11-5-4-9-2-1-3-10(9)6-11/h4-6,12H,1-3,7-8,14H2. The lowest BCUT2D eigenvalue weighted by Gasteiger charge is -2.12. The molecule has 0 spiro atoms. The predicted octanol–water partition coefficient (Wildman–Crippen LogP) is 2.19. The Hall–Kier alpha value is -0.890. The van der Waals surface area contributed by atoms with Crippen LogP contribution in [0.15, 0.2) is 18.2 Å². The van der Waals surface area contributed by atoms with Gasteiger partial charge in [0.15, 0.2) is 0 Å². The quantitative estimate of drug-likeness (QED) is 0.782. The highest BCUT2D eigenvalue weighted by Gasteiger charge is 2.14. The van der Waals surface area contributed by atoms with Crippen molar-refractivity contribution < 1.29 is 4.39 Å². The van der Waals surface area contributed by atoms with E-state index in [9.17, 15) is 4.39 Å². The van der Waals surface area contributed by atoms with E-state index in [1.54, 1.807) is 0 Å². The van der Waals surface area contributed by atoms with Gasteiger partial charge in [-0.15, -0.1) is 0 Å².